The third-order valence-electron chi connectivity index (χ3n) is 4.65. The summed E-state index contributed by atoms with van der Waals surface area (Å²) in [5.41, 5.74) is 2.48. The number of hydrogen-bond acceptors (Lipinski definition) is 2. The summed E-state index contributed by atoms with van der Waals surface area (Å²) in [6, 6.07) is 6.34. The number of para-hydroxylation sites is 1. The van der Waals surface area contributed by atoms with Gasteiger partial charge in [-0.15, -0.1) is 0 Å². The molecule has 1 saturated heterocycles. The van der Waals surface area contributed by atoms with Gasteiger partial charge in [0, 0.05) is 45.8 Å². The van der Waals surface area contributed by atoms with E-state index < -0.39 is 0 Å². The van der Waals surface area contributed by atoms with Gasteiger partial charge in [0.15, 0.2) is 0 Å². The van der Waals surface area contributed by atoms with Gasteiger partial charge in [0.05, 0.1) is 20.1 Å². The van der Waals surface area contributed by atoms with Crippen LogP contribution in [0.4, 0.5) is 0 Å². The SMILES string of the molecule is CCN1CC[N+](C)(CCOc2c(C)cccc2C)CC1.[Y]. The number of likely N-dealkylation sites (N-methyl/N-ethyl adjacent to an activating group) is 2. The maximum absolute atomic E-state index is 6.06. The maximum Gasteiger partial charge on any atom is 0.137 e. The number of nitrogens with zero attached hydrogens (tertiary/aromatic N) is 2. The molecule has 2 rings (SSSR count). The van der Waals surface area contributed by atoms with Crippen LogP contribution >= 0.6 is 0 Å². The van der Waals surface area contributed by atoms with Gasteiger partial charge in [-0.3, -0.25) is 4.90 Å². The molecule has 1 radical (unpaired) electrons. The molecule has 0 bridgehead atoms. The van der Waals surface area contributed by atoms with Gasteiger partial charge in [-0.2, -0.15) is 0 Å². The number of benzene rings is 1. The van der Waals surface area contributed by atoms with Crippen molar-refractivity contribution in [2.75, 3.05) is 52.9 Å². The molecule has 0 aromatic heterocycles. The van der Waals surface area contributed by atoms with Crippen LogP contribution in [-0.4, -0.2) is 62.3 Å². The second-order valence-corrected chi connectivity index (χ2v) is 6.29. The molecule has 0 aliphatic carbocycles. The Balaban J connectivity index is 0.00000220. The summed E-state index contributed by atoms with van der Waals surface area (Å²) in [7, 11) is 2.36. The van der Waals surface area contributed by atoms with E-state index in [0.717, 1.165) is 23.4 Å². The third-order valence-corrected chi connectivity index (χ3v) is 4.65. The standard InChI is InChI=1S/C17H29N2O.Y/c1-5-18-9-11-19(4,12-10-18)13-14-20-17-15(2)7-6-8-16(17)3;/h6-8H,5,9-14H2,1-4H3;/q+1;. The molecule has 1 aliphatic rings. The largest absolute Gasteiger partial charge is 0.487 e. The van der Waals surface area contributed by atoms with Gasteiger partial charge in [-0.25, -0.2) is 0 Å². The minimum Gasteiger partial charge on any atom is -0.487 e. The van der Waals surface area contributed by atoms with Crippen molar-refractivity contribution in [3.05, 3.63) is 29.3 Å². The van der Waals surface area contributed by atoms with E-state index in [1.807, 2.05) is 0 Å². The van der Waals surface area contributed by atoms with Crippen molar-refractivity contribution in [1.82, 2.24) is 4.90 Å². The fraction of sp³-hybridized carbons (Fsp3) is 0.647. The van der Waals surface area contributed by atoms with Gasteiger partial charge in [-0.1, -0.05) is 25.1 Å². The maximum atomic E-state index is 6.06. The zero-order valence-corrected chi connectivity index (χ0v) is 16.9. The van der Waals surface area contributed by atoms with Crippen molar-refractivity contribution < 1.29 is 41.9 Å². The van der Waals surface area contributed by atoms with E-state index in [2.05, 4.69) is 50.9 Å². The van der Waals surface area contributed by atoms with Gasteiger partial charge in [0.1, 0.15) is 18.9 Å². The number of ether oxygens (including phenoxy) is 1. The number of hydrogen-bond donors (Lipinski definition) is 0. The predicted molar refractivity (Wildman–Crippen MR) is 84.3 cm³/mol. The molecule has 0 amide bonds. The van der Waals surface area contributed by atoms with Crippen LogP contribution in [0.1, 0.15) is 18.1 Å². The Bertz CT molecular complexity index is 422. The Labute approximate surface area is 155 Å². The van der Waals surface area contributed by atoms with Crippen molar-refractivity contribution in [3.63, 3.8) is 0 Å². The minimum atomic E-state index is 0. The fourth-order valence-electron chi connectivity index (χ4n) is 2.92. The van der Waals surface area contributed by atoms with Crippen LogP contribution in [0.5, 0.6) is 5.75 Å². The van der Waals surface area contributed by atoms with Crippen LogP contribution < -0.4 is 4.74 Å². The van der Waals surface area contributed by atoms with Crippen molar-refractivity contribution in [2.24, 2.45) is 0 Å². The number of piperazine rings is 1. The average Bonchev–Trinajstić information content (AvgIpc) is 2.43. The van der Waals surface area contributed by atoms with Gasteiger partial charge in [0.2, 0.25) is 0 Å². The van der Waals surface area contributed by atoms with Crippen LogP contribution in [0.15, 0.2) is 18.2 Å². The first-order valence-electron chi connectivity index (χ1n) is 7.79. The van der Waals surface area contributed by atoms with E-state index in [1.54, 1.807) is 0 Å². The van der Waals surface area contributed by atoms with E-state index in [-0.39, 0.29) is 32.7 Å². The summed E-state index contributed by atoms with van der Waals surface area (Å²) in [5.74, 6) is 1.08. The van der Waals surface area contributed by atoms with E-state index in [9.17, 15) is 0 Å². The molecule has 1 heterocycles. The third kappa shape index (κ3) is 5.31. The molecule has 0 saturated carbocycles. The Morgan fingerprint density at radius 3 is 2.24 bits per heavy atom. The summed E-state index contributed by atoms with van der Waals surface area (Å²) in [4.78, 5) is 2.53. The zero-order chi connectivity index (χ0) is 14.6. The molecule has 3 nitrogen and oxygen atoms in total. The summed E-state index contributed by atoms with van der Waals surface area (Å²) in [5, 5.41) is 0. The summed E-state index contributed by atoms with van der Waals surface area (Å²) in [6.07, 6.45) is 0. The molecule has 1 fully saturated rings. The smallest absolute Gasteiger partial charge is 0.137 e. The minimum absolute atomic E-state index is 0. The summed E-state index contributed by atoms with van der Waals surface area (Å²) < 4.78 is 7.20. The normalized spacial score (nSPS) is 18.1. The van der Waals surface area contributed by atoms with Gasteiger partial charge in [-0.05, 0) is 31.5 Å². The molecule has 0 atom stereocenters. The first kappa shape index (κ1) is 19.1. The molecule has 0 unspecified atom stereocenters. The molecular formula is C17H29N2OY+. The molecule has 1 aromatic rings. The Morgan fingerprint density at radius 2 is 1.71 bits per heavy atom. The second kappa shape index (κ2) is 8.62. The molecule has 0 spiro atoms. The van der Waals surface area contributed by atoms with E-state index >= 15 is 0 Å². The molecule has 0 N–H and O–H groups in total. The zero-order valence-electron chi connectivity index (χ0n) is 14.1. The van der Waals surface area contributed by atoms with E-state index in [0.29, 0.717) is 0 Å². The molecule has 1 aromatic carbocycles. The monoisotopic (exact) mass is 366 g/mol. The second-order valence-electron chi connectivity index (χ2n) is 6.29. The van der Waals surface area contributed by atoms with Crippen LogP contribution in [0, 0.1) is 13.8 Å². The van der Waals surface area contributed by atoms with Crippen molar-refractivity contribution in [1.29, 1.82) is 0 Å². The van der Waals surface area contributed by atoms with Crippen molar-refractivity contribution in [2.45, 2.75) is 20.8 Å². The van der Waals surface area contributed by atoms with E-state index in [1.165, 1.54) is 43.9 Å². The van der Waals surface area contributed by atoms with Crippen LogP contribution in [0.25, 0.3) is 0 Å². The number of rotatable bonds is 5. The van der Waals surface area contributed by atoms with Crippen LogP contribution in [0.2, 0.25) is 0 Å². The van der Waals surface area contributed by atoms with Crippen LogP contribution in [-0.2, 0) is 32.7 Å². The molecule has 1 aliphatic heterocycles. The first-order valence-corrected chi connectivity index (χ1v) is 7.79. The summed E-state index contributed by atoms with van der Waals surface area (Å²) >= 11 is 0. The quantitative estimate of drug-likeness (QED) is 0.743. The van der Waals surface area contributed by atoms with Crippen molar-refractivity contribution >= 4 is 0 Å². The van der Waals surface area contributed by atoms with Crippen molar-refractivity contribution in [3.8, 4) is 5.75 Å². The Kier molecular flexibility index (Phi) is 7.83. The first-order chi connectivity index (χ1) is 9.54. The molecule has 4 heteroatoms. The van der Waals surface area contributed by atoms with Gasteiger partial charge < -0.3 is 9.22 Å². The fourth-order valence-corrected chi connectivity index (χ4v) is 2.92. The van der Waals surface area contributed by atoms with Gasteiger partial charge in [0.25, 0.3) is 0 Å². The summed E-state index contributed by atoms with van der Waals surface area (Å²) in [6.45, 7) is 14.5. The average molecular weight is 366 g/mol. The molecule has 115 valence electrons. The topological polar surface area (TPSA) is 12.5 Å². The number of quaternary nitrogens is 1. The van der Waals surface area contributed by atoms with Gasteiger partial charge >= 0.3 is 0 Å². The number of aryl methyl sites for hydroxylation is 2. The molecular weight excluding hydrogens is 337 g/mol. The molecule has 21 heavy (non-hydrogen) atoms. The van der Waals surface area contributed by atoms with E-state index in [4.69, 9.17) is 4.74 Å². The Hall–Kier alpha value is 0.0439. The Morgan fingerprint density at radius 1 is 1.14 bits per heavy atom. The predicted octanol–water partition coefficient (Wildman–Crippen LogP) is 2.46. The van der Waals surface area contributed by atoms with Crippen LogP contribution in [0.3, 0.4) is 0 Å².